The van der Waals surface area contributed by atoms with Gasteiger partial charge < -0.3 is 41.2 Å². The number of hydrogen-bond acceptors (Lipinski definition) is 14. The van der Waals surface area contributed by atoms with Crippen molar-refractivity contribution in [3.63, 3.8) is 0 Å². The zero-order valence-corrected chi connectivity index (χ0v) is 40.1. The molecular formula is C48H56BBrF4N6O8. The third kappa shape index (κ3) is 12.2. The van der Waals surface area contributed by atoms with Crippen LogP contribution in [-0.4, -0.2) is 88.9 Å². The topological polar surface area (TPSA) is 201 Å². The number of ether oxygens (including phenoxy) is 2. The number of nitrogens with zero attached hydrogens (tertiary/aromatic N) is 4. The number of aliphatic hydroxyl groups excluding tert-OH is 2. The molecule has 0 saturated heterocycles. The second-order valence-corrected chi connectivity index (χ2v) is 18.2. The molecule has 4 aliphatic rings. The van der Waals surface area contributed by atoms with Crippen LogP contribution in [0.2, 0.25) is 0 Å². The van der Waals surface area contributed by atoms with Crippen molar-refractivity contribution in [2.45, 2.75) is 77.0 Å². The molecule has 0 aromatic heterocycles. The Hall–Kier alpha value is -5.48. The van der Waals surface area contributed by atoms with E-state index >= 15 is 0 Å². The first-order chi connectivity index (χ1) is 32.1. The first kappa shape index (κ1) is 51.9. The van der Waals surface area contributed by atoms with Gasteiger partial charge in [0.25, 0.3) is 0 Å². The zero-order chi connectivity index (χ0) is 49.7. The van der Waals surface area contributed by atoms with E-state index in [1.807, 2.05) is 45.9 Å². The molecule has 20 heteroatoms. The highest BCUT2D eigenvalue weighted by Crippen LogP contribution is 2.50. The van der Waals surface area contributed by atoms with Crippen LogP contribution in [0.5, 0.6) is 11.5 Å². The maximum absolute atomic E-state index is 13.8. The lowest BCUT2D eigenvalue weighted by molar-refractivity contribution is -0.193. The summed E-state index contributed by atoms with van der Waals surface area (Å²) in [6.45, 7) is 8.20. The highest BCUT2D eigenvalue weighted by Gasteiger charge is 2.51. The Bertz CT molecular complexity index is 2540. The number of benzene rings is 4. The van der Waals surface area contributed by atoms with Crippen LogP contribution in [0, 0.1) is 35.1 Å². The summed E-state index contributed by atoms with van der Waals surface area (Å²) < 4.78 is 65.8. The van der Waals surface area contributed by atoms with E-state index in [-0.39, 0.29) is 48.7 Å². The van der Waals surface area contributed by atoms with Gasteiger partial charge in [-0.3, -0.25) is 0 Å². The maximum Gasteiger partial charge on any atom is 0.488 e. The molecule has 0 bridgehead atoms. The molecule has 4 heterocycles. The minimum atomic E-state index is -1.83. The number of nitrogens with two attached hydrogens (primary N) is 2. The fraction of sp³-hybridized carbons (Fsp3) is 0.375. The number of aliphatic imine (C=N–C) groups is 2. The molecule has 6 atom stereocenters. The van der Waals surface area contributed by atoms with Gasteiger partial charge in [0.2, 0.25) is 23.4 Å². The smallest absolute Gasteiger partial charge is 0.488 e. The molecule has 4 aromatic rings. The molecular weight excluding hydrogens is 955 g/mol. The quantitative estimate of drug-likeness (QED) is 0.0563. The summed E-state index contributed by atoms with van der Waals surface area (Å²) in [4.78, 5) is 21.5. The highest BCUT2D eigenvalue weighted by atomic mass is 79.9. The first-order valence-corrected chi connectivity index (χ1v) is 22.6. The number of fused-ring (bicyclic) bond motifs is 4. The van der Waals surface area contributed by atoms with Gasteiger partial charge in [0.05, 0.1) is 11.1 Å². The Balaban J connectivity index is 0.000000187. The van der Waals surface area contributed by atoms with Crippen LogP contribution in [0.1, 0.15) is 64.5 Å². The Morgan fingerprint density at radius 1 is 0.691 bits per heavy atom. The number of aliphatic hydroxyl groups is 2. The van der Waals surface area contributed by atoms with Crippen molar-refractivity contribution in [3.05, 3.63) is 135 Å². The van der Waals surface area contributed by atoms with Crippen LogP contribution in [0.15, 0.2) is 111 Å². The van der Waals surface area contributed by atoms with Crippen LogP contribution in [0.3, 0.4) is 0 Å². The van der Waals surface area contributed by atoms with Crippen molar-refractivity contribution in [2.75, 3.05) is 27.3 Å². The maximum atomic E-state index is 13.8. The number of guanidine groups is 2. The number of halogens is 5. The molecule has 8 N–H and O–H groups in total. The van der Waals surface area contributed by atoms with E-state index in [1.165, 1.54) is 27.8 Å². The van der Waals surface area contributed by atoms with Crippen molar-refractivity contribution >= 4 is 40.4 Å². The Kier molecular flexibility index (Phi) is 16.7. The number of allylic oxidation sites excluding steroid dienone is 2. The predicted molar refractivity (Wildman–Crippen MR) is 254 cm³/mol. The van der Waals surface area contributed by atoms with Crippen molar-refractivity contribution < 1.29 is 57.0 Å². The third-order valence-electron chi connectivity index (χ3n) is 11.4. The standard InChI is InChI=1S/C24H27F2N3O3.C18H24BrN3O3.C6H5BF2O2/c1-14(2)8-16(6-7-30)22-13-24(28-23(27)29(3)32-24)20-11-15(4-5-21(20)31-22)17-9-18(25)12-19(26)10-17;1-11(2)8-12(6-7-23)16-10-18(21-17(20)22(3)25-18)14-9-13(19)4-5-15(14)24-16;8-5-1-4(7(10)11)2-6(9)3-5/h4-5,8-12,16,22,30H,6-7,13H2,1-3H3,(H2,27,28);4-5,8-9,12,16,23H,6-7,10H2,1-3H3,(H2,20,21);1-3,10-11H. The minimum absolute atomic E-state index is 0.0183. The Morgan fingerprint density at radius 2 is 1.12 bits per heavy atom. The Labute approximate surface area is 401 Å². The molecule has 4 aromatic carbocycles. The molecule has 8 rings (SSSR count). The lowest BCUT2D eigenvalue weighted by atomic mass is 9.80. The fourth-order valence-electron chi connectivity index (χ4n) is 8.52. The lowest BCUT2D eigenvalue weighted by Gasteiger charge is -2.39. The number of hydrogen-bond donors (Lipinski definition) is 6. The zero-order valence-electron chi connectivity index (χ0n) is 38.5. The van der Waals surface area contributed by atoms with Crippen LogP contribution < -0.4 is 26.4 Å². The summed E-state index contributed by atoms with van der Waals surface area (Å²) >= 11 is 3.51. The van der Waals surface area contributed by atoms with Crippen molar-refractivity contribution in [1.29, 1.82) is 0 Å². The van der Waals surface area contributed by atoms with Gasteiger partial charge in [-0.25, -0.2) is 47.3 Å². The lowest BCUT2D eigenvalue weighted by Crippen LogP contribution is -2.42. The molecule has 14 nitrogen and oxygen atoms in total. The molecule has 364 valence electrons. The van der Waals surface area contributed by atoms with E-state index in [1.54, 1.807) is 32.3 Å². The molecule has 0 aliphatic carbocycles. The SMILES string of the molecule is CC(C)=CC(CCO)C1CC2(N=C(N)N(C)O2)c2cc(-c3cc(F)cc(F)c3)ccc2O1.CC(C)=CC(CCO)C1CC2(N=C(N)N(C)O2)c2cc(Br)ccc2O1.OB(O)c1cc(F)cc(F)c1. The van der Waals surface area contributed by atoms with Gasteiger partial charge in [0.15, 0.2) is 0 Å². The predicted octanol–water partition coefficient (Wildman–Crippen LogP) is 6.65. The van der Waals surface area contributed by atoms with Crippen LogP contribution in [0.25, 0.3) is 11.1 Å². The monoisotopic (exact) mass is 1010 g/mol. The number of rotatable bonds is 10. The third-order valence-corrected chi connectivity index (χ3v) is 11.9. The van der Waals surface area contributed by atoms with Gasteiger partial charge in [-0.15, -0.1) is 0 Å². The molecule has 4 aliphatic heterocycles. The molecule has 0 saturated carbocycles. The summed E-state index contributed by atoms with van der Waals surface area (Å²) in [5, 5.41) is 39.0. The molecule has 0 amide bonds. The highest BCUT2D eigenvalue weighted by molar-refractivity contribution is 9.10. The largest absolute Gasteiger partial charge is 0.489 e. The number of hydroxylamine groups is 4. The summed E-state index contributed by atoms with van der Waals surface area (Å²) in [5.74, 6) is -1.11. The summed E-state index contributed by atoms with van der Waals surface area (Å²) in [6, 6.07) is 16.8. The Morgan fingerprint density at radius 3 is 1.51 bits per heavy atom. The van der Waals surface area contributed by atoms with Crippen LogP contribution >= 0.6 is 15.9 Å². The minimum Gasteiger partial charge on any atom is -0.489 e. The van der Waals surface area contributed by atoms with Crippen molar-refractivity contribution in [2.24, 2.45) is 33.3 Å². The van der Waals surface area contributed by atoms with Gasteiger partial charge in [-0.1, -0.05) is 45.3 Å². The summed E-state index contributed by atoms with van der Waals surface area (Å²) in [7, 11) is 1.59. The molecule has 68 heavy (non-hydrogen) atoms. The van der Waals surface area contributed by atoms with Gasteiger partial charge in [-0.2, -0.15) is 0 Å². The van der Waals surface area contributed by atoms with Crippen molar-refractivity contribution in [1.82, 2.24) is 10.1 Å². The van der Waals surface area contributed by atoms with E-state index in [4.69, 9.17) is 40.7 Å². The van der Waals surface area contributed by atoms with Gasteiger partial charge in [0, 0.05) is 68.6 Å². The van der Waals surface area contributed by atoms with Gasteiger partial charge >= 0.3 is 7.12 Å². The van der Waals surface area contributed by atoms with E-state index in [9.17, 15) is 27.8 Å². The average molecular weight is 1010 g/mol. The van der Waals surface area contributed by atoms with Crippen LogP contribution in [0.4, 0.5) is 17.6 Å². The van der Waals surface area contributed by atoms with E-state index in [0.29, 0.717) is 60.1 Å². The molecule has 0 radical (unpaired) electrons. The first-order valence-electron chi connectivity index (χ1n) is 21.8. The van der Waals surface area contributed by atoms with Gasteiger partial charge in [0.1, 0.15) is 47.0 Å². The normalized spacial score (nSPS) is 21.9. The fourth-order valence-corrected chi connectivity index (χ4v) is 8.88. The van der Waals surface area contributed by atoms with Gasteiger partial charge in [-0.05, 0) is 112 Å². The van der Waals surface area contributed by atoms with Crippen LogP contribution in [-0.2, 0) is 21.1 Å². The van der Waals surface area contributed by atoms with E-state index in [0.717, 1.165) is 39.6 Å². The van der Waals surface area contributed by atoms with E-state index < -0.39 is 41.8 Å². The second-order valence-electron chi connectivity index (χ2n) is 17.3. The molecule has 0 fully saturated rings. The summed E-state index contributed by atoms with van der Waals surface area (Å²) in [6.07, 6.45) is 5.77. The average Bonchev–Trinajstić information content (AvgIpc) is 3.71. The summed E-state index contributed by atoms with van der Waals surface area (Å²) in [5.41, 5.74) is 14.6. The van der Waals surface area contributed by atoms with E-state index in [2.05, 4.69) is 38.1 Å². The van der Waals surface area contributed by atoms with Crippen molar-refractivity contribution in [3.8, 4) is 22.6 Å². The molecule has 6 unspecified atom stereocenters. The second kappa shape index (κ2) is 21.9. The molecule has 2 spiro atoms.